The third kappa shape index (κ3) is 1.79. The molecule has 0 aromatic carbocycles. The molecule has 0 unspecified atom stereocenters. The Kier molecular flexibility index (Phi) is 3.13. The first-order chi connectivity index (χ1) is 8.20. The van der Waals surface area contributed by atoms with Crippen LogP contribution in [0.25, 0.3) is 11.0 Å². The van der Waals surface area contributed by atoms with E-state index >= 15 is 0 Å². The normalized spacial score (nSPS) is 10.8. The lowest BCUT2D eigenvalue weighted by atomic mass is 10.1. The summed E-state index contributed by atoms with van der Waals surface area (Å²) in [5, 5.41) is 4.10. The van der Waals surface area contributed by atoms with E-state index in [1.54, 1.807) is 10.8 Å². The first-order valence-electron chi connectivity index (χ1n) is 5.86. The molecule has 1 N–H and O–H groups in total. The standard InChI is InChI=1S/C13H17N3O/c1-4-8-16-12-10(6-5-7-15-12)11(14-3)9(2)13(16)17/h5-7,14H,4,8H2,1-3H3. The van der Waals surface area contributed by atoms with Crippen LogP contribution in [0, 0.1) is 6.92 Å². The summed E-state index contributed by atoms with van der Waals surface area (Å²) in [7, 11) is 1.83. The fourth-order valence-corrected chi connectivity index (χ4v) is 2.17. The summed E-state index contributed by atoms with van der Waals surface area (Å²) in [4.78, 5) is 16.6. The molecular formula is C13H17N3O. The van der Waals surface area contributed by atoms with E-state index in [4.69, 9.17) is 0 Å². The average Bonchev–Trinajstić information content (AvgIpc) is 2.35. The molecule has 0 fully saturated rings. The first kappa shape index (κ1) is 11.6. The maximum atomic E-state index is 12.2. The molecule has 2 aromatic heterocycles. The molecule has 2 aromatic rings. The highest BCUT2D eigenvalue weighted by Crippen LogP contribution is 2.22. The van der Waals surface area contributed by atoms with Gasteiger partial charge in [0.2, 0.25) is 0 Å². The number of aryl methyl sites for hydroxylation is 1. The predicted octanol–water partition coefficient (Wildman–Crippen LogP) is 2.16. The van der Waals surface area contributed by atoms with Crippen molar-refractivity contribution < 1.29 is 0 Å². The van der Waals surface area contributed by atoms with Crippen molar-refractivity contribution in [2.75, 3.05) is 12.4 Å². The Morgan fingerprint density at radius 3 is 2.88 bits per heavy atom. The number of hydrogen-bond donors (Lipinski definition) is 1. The van der Waals surface area contributed by atoms with E-state index < -0.39 is 0 Å². The van der Waals surface area contributed by atoms with Crippen LogP contribution in [0.3, 0.4) is 0 Å². The number of hydrogen-bond acceptors (Lipinski definition) is 3. The smallest absolute Gasteiger partial charge is 0.257 e. The molecule has 2 heterocycles. The maximum Gasteiger partial charge on any atom is 0.257 e. The fraction of sp³-hybridized carbons (Fsp3) is 0.385. The Labute approximate surface area is 100 Å². The van der Waals surface area contributed by atoms with Gasteiger partial charge in [-0.25, -0.2) is 4.98 Å². The van der Waals surface area contributed by atoms with Gasteiger partial charge in [0.1, 0.15) is 5.65 Å². The zero-order valence-corrected chi connectivity index (χ0v) is 10.4. The highest BCUT2D eigenvalue weighted by atomic mass is 16.1. The lowest BCUT2D eigenvalue weighted by Crippen LogP contribution is -2.24. The van der Waals surface area contributed by atoms with Crippen LogP contribution >= 0.6 is 0 Å². The molecule has 0 amide bonds. The Morgan fingerprint density at radius 1 is 1.47 bits per heavy atom. The Balaban J connectivity index is 2.91. The molecule has 0 saturated heterocycles. The second-order valence-corrected chi connectivity index (χ2v) is 4.08. The maximum absolute atomic E-state index is 12.2. The Morgan fingerprint density at radius 2 is 2.24 bits per heavy atom. The molecule has 0 aliphatic rings. The van der Waals surface area contributed by atoms with Gasteiger partial charge in [-0.15, -0.1) is 0 Å². The highest BCUT2D eigenvalue weighted by molar-refractivity contribution is 5.90. The van der Waals surface area contributed by atoms with Crippen LogP contribution in [0.1, 0.15) is 18.9 Å². The van der Waals surface area contributed by atoms with Crippen molar-refractivity contribution in [1.29, 1.82) is 0 Å². The quantitative estimate of drug-likeness (QED) is 0.880. The largest absolute Gasteiger partial charge is 0.387 e. The number of pyridine rings is 2. The molecule has 90 valence electrons. The molecule has 0 saturated carbocycles. The zero-order valence-electron chi connectivity index (χ0n) is 10.4. The third-order valence-electron chi connectivity index (χ3n) is 2.95. The highest BCUT2D eigenvalue weighted by Gasteiger charge is 2.12. The van der Waals surface area contributed by atoms with Crippen LogP contribution in [0.15, 0.2) is 23.1 Å². The van der Waals surface area contributed by atoms with Gasteiger partial charge >= 0.3 is 0 Å². The molecule has 0 spiro atoms. The monoisotopic (exact) mass is 231 g/mol. The first-order valence-corrected chi connectivity index (χ1v) is 5.86. The van der Waals surface area contributed by atoms with Crippen LogP contribution in [0.5, 0.6) is 0 Å². The third-order valence-corrected chi connectivity index (χ3v) is 2.95. The summed E-state index contributed by atoms with van der Waals surface area (Å²) >= 11 is 0. The number of rotatable bonds is 3. The van der Waals surface area contributed by atoms with Crippen molar-refractivity contribution in [3.8, 4) is 0 Å². The molecule has 4 heteroatoms. The van der Waals surface area contributed by atoms with Crippen molar-refractivity contribution in [1.82, 2.24) is 9.55 Å². The Bertz CT molecular complexity index is 601. The fourth-order valence-electron chi connectivity index (χ4n) is 2.17. The van der Waals surface area contributed by atoms with Crippen LogP contribution in [0.2, 0.25) is 0 Å². The van der Waals surface area contributed by atoms with Gasteiger partial charge in [0.25, 0.3) is 5.56 Å². The number of nitrogens with one attached hydrogen (secondary N) is 1. The van der Waals surface area contributed by atoms with Crippen molar-refractivity contribution >= 4 is 16.7 Å². The lowest BCUT2D eigenvalue weighted by Gasteiger charge is -2.14. The van der Waals surface area contributed by atoms with Crippen LogP contribution in [0.4, 0.5) is 5.69 Å². The minimum atomic E-state index is 0.0439. The SMILES string of the molecule is CCCn1c(=O)c(C)c(NC)c2cccnc21. The number of anilines is 1. The molecular weight excluding hydrogens is 214 g/mol. The minimum absolute atomic E-state index is 0.0439. The van der Waals surface area contributed by atoms with E-state index in [0.717, 1.165) is 28.7 Å². The van der Waals surface area contributed by atoms with Gasteiger partial charge < -0.3 is 5.32 Å². The number of fused-ring (bicyclic) bond motifs is 1. The van der Waals surface area contributed by atoms with Gasteiger partial charge in [0.05, 0.1) is 5.69 Å². The second kappa shape index (κ2) is 4.57. The zero-order chi connectivity index (χ0) is 12.4. The lowest BCUT2D eigenvalue weighted by molar-refractivity contribution is 0.669. The van der Waals surface area contributed by atoms with Gasteiger partial charge in [-0.1, -0.05) is 6.92 Å². The molecule has 0 bridgehead atoms. The van der Waals surface area contributed by atoms with Crippen molar-refractivity contribution in [3.05, 3.63) is 34.2 Å². The number of nitrogens with zero attached hydrogens (tertiary/aromatic N) is 2. The van der Waals surface area contributed by atoms with E-state index in [1.807, 2.05) is 26.1 Å². The molecule has 0 radical (unpaired) electrons. The van der Waals surface area contributed by atoms with E-state index in [9.17, 15) is 4.79 Å². The summed E-state index contributed by atoms with van der Waals surface area (Å²) in [5.41, 5.74) is 2.43. The van der Waals surface area contributed by atoms with Crippen molar-refractivity contribution in [3.63, 3.8) is 0 Å². The Hall–Kier alpha value is -1.84. The predicted molar refractivity (Wildman–Crippen MR) is 70.6 cm³/mol. The van der Waals surface area contributed by atoms with Crippen LogP contribution < -0.4 is 10.9 Å². The van der Waals surface area contributed by atoms with Crippen molar-refractivity contribution in [2.24, 2.45) is 0 Å². The topological polar surface area (TPSA) is 46.9 Å². The second-order valence-electron chi connectivity index (χ2n) is 4.08. The van der Waals surface area contributed by atoms with Crippen LogP contribution in [-0.2, 0) is 6.54 Å². The minimum Gasteiger partial charge on any atom is -0.387 e. The van der Waals surface area contributed by atoms with Gasteiger partial charge in [-0.3, -0.25) is 9.36 Å². The average molecular weight is 231 g/mol. The van der Waals surface area contributed by atoms with E-state index in [2.05, 4.69) is 17.2 Å². The summed E-state index contributed by atoms with van der Waals surface area (Å²) < 4.78 is 1.76. The molecule has 0 aliphatic heterocycles. The van der Waals surface area contributed by atoms with Gasteiger partial charge in [0, 0.05) is 30.7 Å². The summed E-state index contributed by atoms with van der Waals surface area (Å²) in [6.45, 7) is 4.62. The van der Waals surface area contributed by atoms with Gasteiger partial charge in [-0.2, -0.15) is 0 Å². The molecule has 17 heavy (non-hydrogen) atoms. The van der Waals surface area contributed by atoms with E-state index in [1.165, 1.54) is 0 Å². The van der Waals surface area contributed by atoms with Crippen LogP contribution in [-0.4, -0.2) is 16.6 Å². The van der Waals surface area contributed by atoms with E-state index in [0.29, 0.717) is 6.54 Å². The van der Waals surface area contributed by atoms with Crippen molar-refractivity contribution in [2.45, 2.75) is 26.8 Å². The number of aromatic nitrogens is 2. The molecule has 2 rings (SSSR count). The molecule has 4 nitrogen and oxygen atoms in total. The summed E-state index contributed by atoms with van der Waals surface area (Å²) in [6.07, 6.45) is 2.65. The van der Waals surface area contributed by atoms with Gasteiger partial charge in [-0.05, 0) is 25.5 Å². The molecule has 0 atom stereocenters. The summed E-state index contributed by atoms with van der Waals surface area (Å²) in [6, 6.07) is 3.89. The van der Waals surface area contributed by atoms with E-state index in [-0.39, 0.29) is 5.56 Å². The summed E-state index contributed by atoms with van der Waals surface area (Å²) in [5.74, 6) is 0. The molecule has 0 aliphatic carbocycles. The van der Waals surface area contributed by atoms with Gasteiger partial charge in [0.15, 0.2) is 0 Å².